The summed E-state index contributed by atoms with van der Waals surface area (Å²) < 4.78 is 0. The van der Waals surface area contributed by atoms with Crippen molar-refractivity contribution < 1.29 is 4.79 Å². The summed E-state index contributed by atoms with van der Waals surface area (Å²) in [5.74, 6) is 1.32. The monoisotopic (exact) mass is 350 g/mol. The Labute approximate surface area is 154 Å². The fourth-order valence-corrected chi connectivity index (χ4v) is 4.11. The molecule has 0 saturated carbocycles. The SMILES string of the molecule is O=C(c1ccc(CC2CCNC2)cc1)N1CCC(c2ccncn2)CC1. The molecule has 1 aromatic heterocycles. The van der Waals surface area contributed by atoms with Gasteiger partial charge >= 0.3 is 0 Å². The Hall–Kier alpha value is -2.27. The fourth-order valence-electron chi connectivity index (χ4n) is 4.11. The first-order chi connectivity index (χ1) is 12.8. The van der Waals surface area contributed by atoms with Crippen LogP contribution in [0.3, 0.4) is 0 Å². The smallest absolute Gasteiger partial charge is 0.253 e. The van der Waals surface area contributed by atoms with E-state index in [1.807, 2.05) is 23.1 Å². The molecule has 5 nitrogen and oxygen atoms in total. The molecule has 0 aliphatic carbocycles. The second kappa shape index (κ2) is 7.96. The topological polar surface area (TPSA) is 58.1 Å². The molecule has 1 atom stereocenters. The Morgan fingerprint density at radius 3 is 2.58 bits per heavy atom. The minimum atomic E-state index is 0.153. The Kier molecular flexibility index (Phi) is 5.25. The summed E-state index contributed by atoms with van der Waals surface area (Å²) in [6.45, 7) is 3.83. The molecule has 2 aliphatic rings. The van der Waals surface area contributed by atoms with E-state index in [-0.39, 0.29) is 5.91 Å². The first kappa shape index (κ1) is 17.2. The second-order valence-electron chi connectivity index (χ2n) is 7.46. The number of nitrogens with one attached hydrogen (secondary N) is 1. The summed E-state index contributed by atoms with van der Waals surface area (Å²) in [6.07, 6.45) is 7.69. The van der Waals surface area contributed by atoms with Crippen LogP contribution in [0.5, 0.6) is 0 Å². The minimum absolute atomic E-state index is 0.153. The van der Waals surface area contributed by atoms with Crippen molar-refractivity contribution in [2.45, 2.75) is 31.6 Å². The van der Waals surface area contributed by atoms with Gasteiger partial charge in [0.1, 0.15) is 6.33 Å². The maximum Gasteiger partial charge on any atom is 0.253 e. The number of nitrogens with zero attached hydrogens (tertiary/aromatic N) is 3. The number of hydrogen-bond acceptors (Lipinski definition) is 4. The molecule has 3 heterocycles. The minimum Gasteiger partial charge on any atom is -0.339 e. The Morgan fingerprint density at radius 1 is 1.12 bits per heavy atom. The van der Waals surface area contributed by atoms with Crippen LogP contribution in [0.4, 0.5) is 0 Å². The normalized spacial score (nSPS) is 21.1. The molecule has 2 saturated heterocycles. The van der Waals surface area contributed by atoms with E-state index in [9.17, 15) is 4.79 Å². The van der Waals surface area contributed by atoms with E-state index in [2.05, 4.69) is 27.4 Å². The zero-order valence-corrected chi connectivity index (χ0v) is 15.1. The van der Waals surface area contributed by atoms with Crippen molar-refractivity contribution in [2.24, 2.45) is 5.92 Å². The van der Waals surface area contributed by atoms with Crippen LogP contribution in [-0.2, 0) is 6.42 Å². The lowest BCUT2D eigenvalue weighted by molar-refractivity contribution is 0.0712. The maximum atomic E-state index is 12.8. The molecule has 0 radical (unpaired) electrons. The van der Waals surface area contributed by atoms with E-state index in [0.29, 0.717) is 5.92 Å². The average Bonchev–Trinajstić information content (AvgIpc) is 3.22. The highest BCUT2D eigenvalue weighted by molar-refractivity contribution is 5.94. The first-order valence-corrected chi connectivity index (χ1v) is 9.64. The number of piperidine rings is 1. The number of benzene rings is 1. The quantitative estimate of drug-likeness (QED) is 0.921. The molecule has 1 amide bonds. The van der Waals surface area contributed by atoms with Gasteiger partial charge in [0.05, 0.1) is 0 Å². The molecule has 2 aromatic rings. The highest BCUT2D eigenvalue weighted by Gasteiger charge is 2.25. The molecule has 0 bridgehead atoms. The molecule has 136 valence electrons. The number of amides is 1. The van der Waals surface area contributed by atoms with E-state index in [0.717, 1.165) is 62.6 Å². The summed E-state index contributed by atoms with van der Waals surface area (Å²) >= 11 is 0. The van der Waals surface area contributed by atoms with Crippen LogP contribution in [-0.4, -0.2) is 47.0 Å². The molecule has 4 rings (SSSR count). The summed E-state index contributed by atoms with van der Waals surface area (Å²) in [6, 6.07) is 10.2. The van der Waals surface area contributed by atoms with Gasteiger partial charge in [0.2, 0.25) is 0 Å². The largest absolute Gasteiger partial charge is 0.339 e. The van der Waals surface area contributed by atoms with Crippen molar-refractivity contribution in [2.75, 3.05) is 26.2 Å². The zero-order valence-electron chi connectivity index (χ0n) is 15.1. The number of carbonyl (C=O) groups is 1. The van der Waals surface area contributed by atoms with Gasteiger partial charge in [-0.25, -0.2) is 9.97 Å². The molecule has 5 heteroatoms. The zero-order chi connectivity index (χ0) is 17.8. The number of carbonyl (C=O) groups excluding carboxylic acids is 1. The van der Waals surface area contributed by atoms with Crippen molar-refractivity contribution in [1.82, 2.24) is 20.2 Å². The predicted octanol–water partition coefficient (Wildman–Crippen LogP) is 2.65. The van der Waals surface area contributed by atoms with Crippen LogP contribution in [0.2, 0.25) is 0 Å². The van der Waals surface area contributed by atoms with Crippen LogP contribution < -0.4 is 5.32 Å². The molecule has 2 fully saturated rings. The predicted molar refractivity (Wildman–Crippen MR) is 101 cm³/mol. The van der Waals surface area contributed by atoms with Gasteiger partial charge in [0.15, 0.2) is 0 Å². The summed E-state index contributed by atoms with van der Waals surface area (Å²) in [7, 11) is 0. The van der Waals surface area contributed by atoms with Crippen LogP contribution in [0.25, 0.3) is 0 Å². The van der Waals surface area contributed by atoms with Crippen LogP contribution >= 0.6 is 0 Å². The molecule has 1 aromatic carbocycles. The first-order valence-electron chi connectivity index (χ1n) is 9.64. The number of aromatic nitrogens is 2. The van der Waals surface area contributed by atoms with Crippen LogP contribution in [0.15, 0.2) is 42.9 Å². The third-order valence-corrected chi connectivity index (χ3v) is 5.69. The Morgan fingerprint density at radius 2 is 1.92 bits per heavy atom. The van der Waals surface area contributed by atoms with Crippen LogP contribution in [0, 0.1) is 5.92 Å². The Bertz CT molecular complexity index is 717. The van der Waals surface area contributed by atoms with Crippen molar-refractivity contribution in [1.29, 1.82) is 0 Å². The van der Waals surface area contributed by atoms with Gasteiger partial charge < -0.3 is 10.2 Å². The lowest BCUT2D eigenvalue weighted by atomic mass is 9.93. The number of rotatable bonds is 4. The molecule has 1 unspecified atom stereocenters. The molecule has 2 aliphatic heterocycles. The van der Waals surface area contributed by atoms with Gasteiger partial charge in [-0.15, -0.1) is 0 Å². The van der Waals surface area contributed by atoms with E-state index in [1.54, 1.807) is 12.5 Å². The number of likely N-dealkylation sites (tertiary alicyclic amines) is 1. The van der Waals surface area contributed by atoms with E-state index in [4.69, 9.17) is 0 Å². The molecular weight excluding hydrogens is 324 g/mol. The summed E-state index contributed by atoms with van der Waals surface area (Å²) in [5, 5.41) is 3.41. The van der Waals surface area contributed by atoms with E-state index < -0.39 is 0 Å². The maximum absolute atomic E-state index is 12.8. The number of hydrogen-bond donors (Lipinski definition) is 1. The summed E-state index contributed by atoms with van der Waals surface area (Å²) in [5.41, 5.74) is 3.23. The van der Waals surface area contributed by atoms with E-state index >= 15 is 0 Å². The Balaban J connectivity index is 1.33. The van der Waals surface area contributed by atoms with Gasteiger partial charge in [-0.05, 0) is 68.5 Å². The molecule has 26 heavy (non-hydrogen) atoms. The highest BCUT2D eigenvalue weighted by atomic mass is 16.2. The second-order valence-corrected chi connectivity index (χ2v) is 7.46. The lowest BCUT2D eigenvalue weighted by Gasteiger charge is -2.31. The van der Waals surface area contributed by atoms with Gasteiger partial charge in [-0.2, -0.15) is 0 Å². The molecule has 1 N–H and O–H groups in total. The average molecular weight is 350 g/mol. The van der Waals surface area contributed by atoms with Crippen molar-refractivity contribution in [3.05, 3.63) is 59.7 Å². The van der Waals surface area contributed by atoms with Gasteiger partial charge in [-0.1, -0.05) is 12.1 Å². The third-order valence-electron chi connectivity index (χ3n) is 5.69. The van der Waals surface area contributed by atoms with Gasteiger partial charge in [0.25, 0.3) is 5.91 Å². The van der Waals surface area contributed by atoms with Crippen molar-refractivity contribution >= 4 is 5.91 Å². The van der Waals surface area contributed by atoms with Crippen molar-refractivity contribution in [3.63, 3.8) is 0 Å². The fraction of sp³-hybridized carbons (Fsp3) is 0.476. The third kappa shape index (κ3) is 3.93. The lowest BCUT2D eigenvalue weighted by Crippen LogP contribution is -2.38. The van der Waals surface area contributed by atoms with Gasteiger partial charge in [-0.3, -0.25) is 4.79 Å². The van der Waals surface area contributed by atoms with E-state index in [1.165, 1.54) is 12.0 Å². The van der Waals surface area contributed by atoms with Crippen LogP contribution in [0.1, 0.15) is 46.8 Å². The van der Waals surface area contributed by atoms with Crippen molar-refractivity contribution in [3.8, 4) is 0 Å². The summed E-state index contributed by atoms with van der Waals surface area (Å²) in [4.78, 5) is 23.1. The standard InChI is InChI=1S/C21H26N4O/c26-21(19-3-1-16(2-4-19)13-17-5-9-22-14-17)25-11-7-18(8-12-25)20-6-10-23-15-24-20/h1-4,6,10,15,17-18,22H,5,7-9,11-14H2. The molecule has 0 spiro atoms. The highest BCUT2D eigenvalue weighted by Crippen LogP contribution is 2.27. The van der Waals surface area contributed by atoms with Gasteiger partial charge in [0, 0.05) is 36.5 Å². The molecular formula is C21H26N4O.